The number of carbonyl (C=O) groups is 4. The number of hydrogen-bond donors (Lipinski definition) is 3. The van der Waals surface area contributed by atoms with E-state index in [0.717, 1.165) is 0 Å². The first kappa shape index (κ1) is 17.5. The smallest absolute Gasteiger partial charge is 0.262 e. The molecule has 128 valence electrons. The van der Waals surface area contributed by atoms with E-state index < -0.39 is 0 Å². The summed E-state index contributed by atoms with van der Waals surface area (Å²) in [6.07, 6.45) is 0.110. The van der Waals surface area contributed by atoms with Crippen LogP contribution in [0.3, 0.4) is 0 Å². The summed E-state index contributed by atoms with van der Waals surface area (Å²) >= 11 is 0. The summed E-state index contributed by atoms with van der Waals surface area (Å²) in [6, 6.07) is 4.77. The first-order chi connectivity index (χ1) is 11.5. The van der Waals surface area contributed by atoms with Crippen LogP contribution in [0.5, 0.6) is 5.75 Å². The highest BCUT2D eigenvalue weighted by atomic mass is 16.5. The van der Waals surface area contributed by atoms with E-state index in [9.17, 15) is 19.2 Å². The monoisotopic (exact) mass is 333 g/mol. The zero-order chi connectivity index (χ0) is 17.5. The quantitative estimate of drug-likeness (QED) is 0.488. The summed E-state index contributed by atoms with van der Waals surface area (Å²) in [7, 11) is 0. The first-order valence-electron chi connectivity index (χ1n) is 7.57. The van der Waals surface area contributed by atoms with Gasteiger partial charge in [0.2, 0.25) is 11.8 Å². The maximum Gasteiger partial charge on any atom is 0.262 e. The van der Waals surface area contributed by atoms with E-state index in [4.69, 9.17) is 4.74 Å². The molecule has 1 aromatic rings. The number of rotatable bonds is 7. The predicted octanol–water partition coefficient (Wildman–Crippen LogP) is 0.233. The number of ketones is 1. The van der Waals surface area contributed by atoms with Crippen molar-refractivity contribution in [3.63, 3.8) is 0 Å². The van der Waals surface area contributed by atoms with E-state index in [2.05, 4.69) is 16.0 Å². The topological polar surface area (TPSA) is 114 Å². The number of fused-ring (bicyclic) bond motifs is 1. The van der Waals surface area contributed by atoms with Crippen LogP contribution in [0.4, 0.5) is 5.69 Å². The lowest BCUT2D eigenvalue weighted by molar-refractivity contribution is -0.122. The van der Waals surface area contributed by atoms with Crippen LogP contribution in [0.2, 0.25) is 0 Å². The summed E-state index contributed by atoms with van der Waals surface area (Å²) in [5.74, 6) is -0.381. The molecular weight excluding hydrogens is 314 g/mol. The van der Waals surface area contributed by atoms with Crippen molar-refractivity contribution < 1.29 is 23.9 Å². The standard InChI is InChI=1S/C16H19N3O5/c1-10(20)17-6-7-18-15(22)5-3-13(21)11-2-4-14-12(8-11)19-16(23)9-24-14/h2,4,8H,3,5-7,9H2,1H3,(H,17,20)(H,18,22)(H,19,23). The molecule has 0 aliphatic carbocycles. The molecule has 0 unspecified atom stereocenters. The van der Waals surface area contributed by atoms with Crippen LogP contribution >= 0.6 is 0 Å². The zero-order valence-corrected chi connectivity index (χ0v) is 13.3. The van der Waals surface area contributed by atoms with Crippen molar-refractivity contribution in [3.05, 3.63) is 23.8 Å². The Hall–Kier alpha value is -2.90. The second kappa shape index (κ2) is 8.09. The van der Waals surface area contributed by atoms with Crippen molar-refractivity contribution in [2.75, 3.05) is 25.0 Å². The van der Waals surface area contributed by atoms with Gasteiger partial charge in [-0.3, -0.25) is 19.2 Å². The number of hydrogen-bond acceptors (Lipinski definition) is 5. The summed E-state index contributed by atoms with van der Waals surface area (Å²) in [5, 5.41) is 7.81. The molecule has 0 saturated heterocycles. The minimum absolute atomic E-state index is 0.0427. The Morgan fingerprint density at radius 3 is 2.67 bits per heavy atom. The van der Waals surface area contributed by atoms with Gasteiger partial charge in [0.1, 0.15) is 5.75 Å². The second-order valence-corrected chi connectivity index (χ2v) is 5.30. The molecule has 8 heteroatoms. The molecule has 1 heterocycles. The molecule has 1 aliphatic heterocycles. The van der Waals surface area contributed by atoms with Crippen LogP contribution in [-0.2, 0) is 14.4 Å². The fraction of sp³-hybridized carbons (Fsp3) is 0.375. The van der Waals surface area contributed by atoms with Gasteiger partial charge in [-0.05, 0) is 18.2 Å². The second-order valence-electron chi connectivity index (χ2n) is 5.30. The van der Waals surface area contributed by atoms with E-state index in [1.54, 1.807) is 18.2 Å². The molecule has 0 fully saturated rings. The summed E-state index contributed by atoms with van der Waals surface area (Å²) < 4.78 is 5.22. The number of nitrogens with one attached hydrogen (secondary N) is 3. The third-order valence-electron chi connectivity index (χ3n) is 3.33. The number of carbonyl (C=O) groups excluding carboxylic acids is 4. The van der Waals surface area contributed by atoms with Gasteiger partial charge in [-0.25, -0.2) is 0 Å². The zero-order valence-electron chi connectivity index (χ0n) is 13.3. The highest BCUT2D eigenvalue weighted by Gasteiger charge is 2.18. The highest BCUT2D eigenvalue weighted by molar-refractivity contribution is 6.01. The average molecular weight is 333 g/mol. The van der Waals surface area contributed by atoms with Crippen LogP contribution in [0.1, 0.15) is 30.1 Å². The lowest BCUT2D eigenvalue weighted by Crippen LogP contribution is -2.33. The maximum atomic E-state index is 12.1. The molecular formula is C16H19N3O5. The van der Waals surface area contributed by atoms with Gasteiger partial charge in [-0.15, -0.1) is 0 Å². The molecule has 1 aliphatic rings. The number of benzene rings is 1. The molecule has 0 spiro atoms. The minimum Gasteiger partial charge on any atom is -0.482 e. The lowest BCUT2D eigenvalue weighted by atomic mass is 10.0. The molecule has 0 bridgehead atoms. The van der Waals surface area contributed by atoms with Crippen molar-refractivity contribution in [2.24, 2.45) is 0 Å². The van der Waals surface area contributed by atoms with E-state index in [0.29, 0.717) is 30.1 Å². The van der Waals surface area contributed by atoms with Gasteiger partial charge in [-0.2, -0.15) is 0 Å². The molecule has 0 atom stereocenters. The molecule has 2 rings (SSSR count). The van der Waals surface area contributed by atoms with E-state index in [1.807, 2.05) is 0 Å². The van der Waals surface area contributed by atoms with Crippen molar-refractivity contribution in [1.29, 1.82) is 0 Å². The van der Waals surface area contributed by atoms with Crippen LogP contribution < -0.4 is 20.7 Å². The number of anilines is 1. The van der Waals surface area contributed by atoms with Crippen LogP contribution in [0.15, 0.2) is 18.2 Å². The molecule has 0 aromatic heterocycles. The Labute approximate surface area is 138 Å². The van der Waals surface area contributed by atoms with Crippen LogP contribution in [-0.4, -0.2) is 43.2 Å². The Kier molecular flexibility index (Phi) is 5.89. The third kappa shape index (κ3) is 5.08. The van der Waals surface area contributed by atoms with Gasteiger partial charge in [-0.1, -0.05) is 0 Å². The fourth-order valence-electron chi connectivity index (χ4n) is 2.16. The highest BCUT2D eigenvalue weighted by Crippen LogP contribution is 2.28. The predicted molar refractivity (Wildman–Crippen MR) is 85.8 cm³/mol. The Morgan fingerprint density at radius 2 is 1.92 bits per heavy atom. The molecule has 0 radical (unpaired) electrons. The van der Waals surface area contributed by atoms with Crippen molar-refractivity contribution >= 4 is 29.2 Å². The number of Topliss-reactive ketones (excluding diaryl/α,β-unsaturated/α-hetero) is 1. The maximum absolute atomic E-state index is 12.1. The van der Waals surface area contributed by atoms with Gasteiger partial charge < -0.3 is 20.7 Å². The number of amides is 3. The Bertz CT molecular complexity index is 672. The molecule has 3 amide bonds. The van der Waals surface area contributed by atoms with Crippen molar-refractivity contribution in [3.8, 4) is 5.75 Å². The summed E-state index contributed by atoms with van der Waals surface area (Å²) in [4.78, 5) is 45.8. The van der Waals surface area contributed by atoms with Crippen LogP contribution in [0, 0.1) is 0 Å². The molecule has 0 saturated carbocycles. The van der Waals surface area contributed by atoms with Crippen molar-refractivity contribution in [1.82, 2.24) is 10.6 Å². The third-order valence-corrected chi connectivity index (χ3v) is 3.33. The fourth-order valence-corrected chi connectivity index (χ4v) is 2.16. The van der Waals surface area contributed by atoms with Gasteiger partial charge in [0.05, 0.1) is 5.69 Å². The van der Waals surface area contributed by atoms with Gasteiger partial charge in [0.25, 0.3) is 5.91 Å². The lowest BCUT2D eigenvalue weighted by Gasteiger charge is -2.18. The van der Waals surface area contributed by atoms with E-state index in [-0.39, 0.29) is 43.0 Å². The van der Waals surface area contributed by atoms with Crippen molar-refractivity contribution in [2.45, 2.75) is 19.8 Å². The van der Waals surface area contributed by atoms with Gasteiger partial charge >= 0.3 is 0 Å². The van der Waals surface area contributed by atoms with Gasteiger partial charge in [0, 0.05) is 38.4 Å². The van der Waals surface area contributed by atoms with E-state index >= 15 is 0 Å². The largest absolute Gasteiger partial charge is 0.482 e. The van der Waals surface area contributed by atoms with Crippen LogP contribution in [0.25, 0.3) is 0 Å². The first-order valence-corrected chi connectivity index (χ1v) is 7.57. The summed E-state index contributed by atoms with van der Waals surface area (Å²) in [6.45, 7) is 2.01. The average Bonchev–Trinajstić information content (AvgIpc) is 2.55. The Balaban J connectivity index is 1.80. The SMILES string of the molecule is CC(=O)NCCNC(=O)CCC(=O)c1ccc2c(c1)NC(=O)CO2. The number of ether oxygens (including phenoxy) is 1. The molecule has 24 heavy (non-hydrogen) atoms. The summed E-state index contributed by atoms with van der Waals surface area (Å²) in [5.41, 5.74) is 0.863. The minimum atomic E-state index is -0.273. The normalized spacial score (nSPS) is 12.5. The molecule has 3 N–H and O–H groups in total. The van der Waals surface area contributed by atoms with E-state index in [1.165, 1.54) is 6.92 Å². The molecule has 1 aromatic carbocycles. The molecule has 8 nitrogen and oxygen atoms in total. The van der Waals surface area contributed by atoms with Gasteiger partial charge in [0.15, 0.2) is 12.4 Å². The Morgan fingerprint density at radius 1 is 1.17 bits per heavy atom.